The SMILES string of the molecule is O=C(Nc1ccc(Cl)c(Cl)c1)N(Cc1cccn1Cc1ccccc1)C1CC1. The summed E-state index contributed by atoms with van der Waals surface area (Å²) in [5.41, 5.74) is 2.99. The van der Waals surface area contributed by atoms with E-state index in [0.29, 0.717) is 22.3 Å². The standard InChI is InChI=1S/C22H21Cl2N3O/c23-20-11-8-17(13-21(20)24)25-22(28)27(18-9-10-18)15-19-7-4-12-26(19)14-16-5-2-1-3-6-16/h1-8,11-13,18H,9-10,14-15H2,(H,25,28). The molecule has 1 N–H and O–H groups in total. The largest absolute Gasteiger partial charge is 0.345 e. The summed E-state index contributed by atoms with van der Waals surface area (Å²) in [7, 11) is 0. The van der Waals surface area contributed by atoms with Crippen LogP contribution in [0.2, 0.25) is 10.0 Å². The minimum absolute atomic E-state index is 0.117. The predicted octanol–water partition coefficient (Wildman–Crippen LogP) is 6.04. The maximum atomic E-state index is 12.9. The molecule has 28 heavy (non-hydrogen) atoms. The first-order chi connectivity index (χ1) is 13.6. The van der Waals surface area contributed by atoms with Gasteiger partial charge in [0.05, 0.1) is 16.6 Å². The van der Waals surface area contributed by atoms with Gasteiger partial charge in [-0.15, -0.1) is 0 Å². The Kier molecular flexibility index (Phi) is 5.60. The van der Waals surface area contributed by atoms with Crippen LogP contribution in [0.4, 0.5) is 10.5 Å². The molecule has 4 nitrogen and oxygen atoms in total. The molecule has 0 bridgehead atoms. The van der Waals surface area contributed by atoms with Crippen molar-refractivity contribution in [1.82, 2.24) is 9.47 Å². The zero-order valence-electron chi connectivity index (χ0n) is 15.3. The molecule has 2 amide bonds. The van der Waals surface area contributed by atoms with Gasteiger partial charge in [-0.05, 0) is 48.7 Å². The highest BCUT2D eigenvalue weighted by molar-refractivity contribution is 6.42. The highest BCUT2D eigenvalue weighted by atomic mass is 35.5. The average molecular weight is 414 g/mol. The molecule has 1 fully saturated rings. The number of hydrogen-bond donors (Lipinski definition) is 1. The second kappa shape index (κ2) is 8.29. The van der Waals surface area contributed by atoms with Crippen LogP contribution in [0.5, 0.6) is 0 Å². The first kappa shape index (κ1) is 18.9. The van der Waals surface area contributed by atoms with Crippen molar-refractivity contribution in [3.05, 3.63) is 88.2 Å². The molecule has 0 atom stereocenters. The van der Waals surface area contributed by atoms with E-state index >= 15 is 0 Å². The molecule has 0 spiro atoms. The van der Waals surface area contributed by atoms with Crippen molar-refractivity contribution in [1.29, 1.82) is 0 Å². The van der Waals surface area contributed by atoms with E-state index in [4.69, 9.17) is 23.2 Å². The van der Waals surface area contributed by atoms with Crippen LogP contribution in [-0.2, 0) is 13.1 Å². The normalized spacial score (nSPS) is 13.4. The highest BCUT2D eigenvalue weighted by Crippen LogP contribution is 2.30. The molecule has 4 rings (SSSR count). The number of aromatic nitrogens is 1. The van der Waals surface area contributed by atoms with E-state index in [9.17, 15) is 4.79 Å². The first-order valence-corrected chi connectivity index (χ1v) is 10.1. The fourth-order valence-corrected chi connectivity index (χ4v) is 3.52. The van der Waals surface area contributed by atoms with Crippen molar-refractivity contribution in [3.63, 3.8) is 0 Å². The number of carbonyl (C=O) groups excluding carboxylic acids is 1. The molecule has 0 aliphatic heterocycles. The van der Waals surface area contributed by atoms with Gasteiger partial charge in [-0.1, -0.05) is 53.5 Å². The Morgan fingerprint density at radius 2 is 1.82 bits per heavy atom. The summed E-state index contributed by atoms with van der Waals surface area (Å²) >= 11 is 12.0. The zero-order valence-corrected chi connectivity index (χ0v) is 16.8. The van der Waals surface area contributed by atoms with E-state index in [1.165, 1.54) is 5.56 Å². The van der Waals surface area contributed by atoms with Gasteiger partial charge in [-0.3, -0.25) is 0 Å². The van der Waals surface area contributed by atoms with Crippen molar-refractivity contribution in [3.8, 4) is 0 Å². The minimum atomic E-state index is -0.117. The van der Waals surface area contributed by atoms with Crippen LogP contribution in [0, 0.1) is 0 Å². The quantitative estimate of drug-likeness (QED) is 0.525. The molecule has 0 saturated heterocycles. The van der Waals surface area contributed by atoms with E-state index in [1.54, 1.807) is 18.2 Å². The first-order valence-electron chi connectivity index (χ1n) is 9.31. The molecule has 0 radical (unpaired) electrons. The summed E-state index contributed by atoms with van der Waals surface area (Å²) in [6.07, 6.45) is 4.13. The molecule has 0 unspecified atom stereocenters. The third kappa shape index (κ3) is 4.51. The second-order valence-corrected chi connectivity index (χ2v) is 7.85. The molecule has 3 aromatic rings. The van der Waals surface area contributed by atoms with E-state index in [-0.39, 0.29) is 12.1 Å². The monoisotopic (exact) mass is 413 g/mol. The molecule has 1 heterocycles. The third-order valence-electron chi connectivity index (χ3n) is 4.87. The lowest BCUT2D eigenvalue weighted by atomic mass is 10.2. The summed E-state index contributed by atoms with van der Waals surface area (Å²) in [6.45, 7) is 1.35. The third-order valence-corrected chi connectivity index (χ3v) is 5.61. The van der Waals surface area contributed by atoms with Crippen molar-refractivity contribution in [2.24, 2.45) is 0 Å². The molecular weight excluding hydrogens is 393 g/mol. The molecule has 6 heteroatoms. The maximum absolute atomic E-state index is 12.9. The number of hydrogen-bond acceptors (Lipinski definition) is 1. The lowest BCUT2D eigenvalue weighted by Crippen LogP contribution is -2.36. The topological polar surface area (TPSA) is 37.3 Å². The van der Waals surface area contributed by atoms with Crippen molar-refractivity contribution in [2.75, 3.05) is 5.32 Å². The summed E-state index contributed by atoms with van der Waals surface area (Å²) in [5.74, 6) is 0. The van der Waals surface area contributed by atoms with E-state index in [1.807, 2.05) is 29.2 Å². The lowest BCUT2D eigenvalue weighted by molar-refractivity contribution is 0.204. The number of rotatable bonds is 6. The van der Waals surface area contributed by atoms with Gasteiger partial charge in [-0.25, -0.2) is 4.79 Å². The van der Waals surface area contributed by atoms with Gasteiger partial charge in [0, 0.05) is 30.2 Å². The smallest absolute Gasteiger partial charge is 0.322 e. The van der Waals surface area contributed by atoms with Crippen molar-refractivity contribution in [2.45, 2.75) is 32.0 Å². The van der Waals surface area contributed by atoms with Gasteiger partial charge in [-0.2, -0.15) is 0 Å². The molecule has 2 aromatic carbocycles. The number of benzene rings is 2. The number of urea groups is 1. The van der Waals surface area contributed by atoms with E-state index in [2.05, 4.69) is 34.3 Å². The van der Waals surface area contributed by atoms with Crippen LogP contribution in [0.15, 0.2) is 66.9 Å². The fraction of sp³-hybridized carbons (Fsp3) is 0.227. The van der Waals surface area contributed by atoms with Gasteiger partial charge in [0.15, 0.2) is 0 Å². The number of nitrogens with one attached hydrogen (secondary N) is 1. The Morgan fingerprint density at radius 3 is 2.54 bits per heavy atom. The summed E-state index contributed by atoms with van der Waals surface area (Å²) in [6, 6.07) is 19.7. The highest BCUT2D eigenvalue weighted by Gasteiger charge is 2.33. The molecule has 144 valence electrons. The van der Waals surface area contributed by atoms with E-state index < -0.39 is 0 Å². The summed E-state index contributed by atoms with van der Waals surface area (Å²) < 4.78 is 2.19. The Labute approximate surface area is 174 Å². The van der Waals surface area contributed by atoms with Gasteiger partial charge in [0.25, 0.3) is 0 Å². The van der Waals surface area contributed by atoms with E-state index in [0.717, 1.165) is 25.1 Å². The number of anilines is 1. The summed E-state index contributed by atoms with van der Waals surface area (Å²) in [4.78, 5) is 14.8. The number of amides is 2. The Hall–Kier alpha value is -2.43. The number of carbonyl (C=O) groups is 1. The number of nitrogens with zero attached hydrogens (tertiary/aromatic N) is 2. The van der Waals surface area contributed by atoms with Gasteiger partial charge >= 0.3 is 6.03 Å². The Balaban J connectivity index is 1.48. The van der Waals surface area contributed by atoms with Crippen LogP contribution >= 0.6 is 23.2 Å². The molecule has 1 aliphatic carbocycles. The Morgan fingerprint density at radius 1 is 1.04 bits per heavy atom. The van der Waals surface area contributed by atoms with Gasteiger partial charge in [0.1, 0.15) is 0 Å². The van der Waals surface area contributed by atoms with Gasteiger partial charge in [0.2, 0.25) is 0 Å². The van der Waals surface area contributed by atoms with Crippen LogP contribution in [0.3, 0.4) is 0 Å². The zero-order chi connectivity index (χ0) is 19.5. The minimum Gasteiger partial charge on any atom is -0.345 e. The van der Waals surface area contributed by atoms with Crippen LogP contribution < -0.4 is 5.32 Å². The molecule has 1 aromatic heterocycles. The maximum Gasteiger partial charge on any atom is 0.322 e. The molecule has 1 saturated carbocycles. The molecular formula is C22H21Cl2N3O. The van der Waals surface area contributed by atoms with Crippen LogP contribution in [-0.4, -0.2) is 21.5 Å². The van der Waals surface area contributed by atoms with Gasteiger partial charge < -0.3 is 14.8 Å². The van der Waals surface area contributed by atoms with Crippen molar-refractivity contribution < 1.29 is 4.79 Å². The van der Waals surface area contributed by atoms with Crippen LogP contribution in [0.25, 0.3) is 0 Å². The lowest BCUT2D eigenvalue weighted by Gasteiger charge is -2.24. The average Bonchev–Trinajstić information content (AvgIpc) is 3.44. The predicted molar refractivity (Wildman–Crippen MR) is 114 cm³/mol. The van der Waals surface area contributed by atoms with Crippen molar-refractivity contribution >= 4 is 34.9 Å². The number of halogens is 2. The van der Waals surface area contributed by atoms with Crippen LogP contribution in [0.1, 0.15) is 24.1 Å². The second-order valence-electron chi connectivity index (χ2n) is 7.03. The Bertz CT molecular complexity index is 967. The molecule has 1 aliphatic rings. The fourth-order valence-electron chi connectivity index (χ4n) is 3.22. The summed E-state index contributed by atoms with van der Waals surface area (Å²) in [5, 5.41) is 3.84.